The van der Waals surface area contributed by atoms with Gasteiger partial charge in [0.05, 0.1) is 0 Å². The third-order valence-electron chi connectivity index (χ3n) is 3.33. The summed E-state index contributed by atoms with van der Waals surface area (Å²) in [4.78, 5) is 2.56. The Bertz CT molecular complexity index is 316. The normalized spacial score (nSPS) is 19.3. The van der Waals surface area contributed by atoms with Crippen molar-refractivity contribution in [2.75, 3.05) is 18.8 Å². The molecule has 2 nitrogen and oxygen atoms in total. The molecule has 2 N–H and O–H groups in total. The average molecular weight is 204 g/mol. The lowest BCUT2D eigenvalue weighted by molar-refractivity contribution is 0.258. The van der Waals surface area contributed by atoms with Crippen LogP contribution >= 0.6 is 0 Å². The number of rotatable bonds is 3. The van der Waals surface area contributed by atoms with Crippen LogP contribution in [0.5, 0.6) is 0 Å². The molecule has 1 aromatic carbocycles. The van der Waals surface area contributed by atoms with Crippen LogP contribution in [0.4, 0.5) is 5.69 Å². The lowest BCUT2D eigenvalue weighted by atomic mass is 10.0. The van der Waals surface area contributed by atoms with E-state index in [0.29, 0.717) is 6.04 Å². The van der Waals surface area contributed by atoms with E-state index in [0.717, 1.165) is 12.1 Å². The zero-order valence-electron chi connectivity index (χ0n) is 9.45. The summed E-state index contributed by atoms with van der Waals surface area (Å²) in [5.74, 6) is 0. The Morgan fingerprint density at radius 1 is 1.27 bits per heavy atom. The van der Waals surface area contributed by atoms with Gasteiger partial charge < -0.3 is 10.6 Å². The SMILES string of the molecule is CC(Cc1ccccc1N)N1CCCC1. The minimum Gasteiger partial charge on any atom is -0.399 e. The van der Waals surface area contributed by atoms with Crippen LogP contribution in [-0.2, 0) is 6.42 Å². The van der Waals surface area contributed by atoms with Crippen molar-refractivity contribution in [2.24, 2.45) is 0 Å². The first-order chi connectivity index (χ1) is 7.27. The van der Waals surface area contributed by atoms with Gasteiger partial charge >= 0.3 is 0 Å². The van der Waals surface area contributed by atoms with E-state index in [2.05, 4.69) is 24.0 Å². The van der Waals surface area contributed by atoms with Gasteiger partial charge in [-0.05, 0) is 50.9 Å². The van der Waals surface area contributed by atoms with Gasteiger partial charge in [-0.3, -0.25) is 0 Å². The highest BCUT2D eigenvalue weighted by atomic mass is 15.2. The second-order valence-electron chi connectivity index (χ2n) is 4.50. The highest BCUT2D eigenvalue weighted by Gasteiger charge is 2.18. The van der Waals surface area contributed by atoms with Gasteiger partial charge in [-0.1, -0.05) is 18.2 Å². The van der Waals surface area contributed by atoms with Crippen LogP contribution in [0.1, 0.15) is 25.3 Å². The molecule has 0 radical (unpaired) electrons. The number of benzene rings is 1. The van der Waals surface area contributed by atoms with E-state index in [4.69, 9.17) is 5.73 Å². The molecule has 1 atom stereocenters. The molecule has 0 saturated carbocycles. The van der Waals surface area contributed by atoms with Crippen LogP contribution in [0.3, 0.4) is 0 Å². The quantitative estimate of drug-likeness (QED) is 0.765. The molecule has 15 heavy (non-hydrogen) atoms. The van der Waals surface area contributed by atoms with Crippen molar-refractivity contribution in [1.82, 2.24) is 4.90 Å². The van der Waals surface area contributed by atoms with Crippen molar-refractivity contribution in [1.29, 1.82) is 0 Å². The van der Waals surface area contributed by atoms with E-state index in [1.807, 2.05) is 12.1 Å². The highest BCUT2D eigenvalue weighted by molar-refractivity contribution is 5.46. The van der Waals surface area contributed by atoms with Crippen LogP contribution in [0, 0.1) is 0 Å². The third kappa shape index (κ3) is 2.51. The van der Waals surface area contributed by atoms with Crippen LogP contribution in [-0.4, -0.2) is 24.0 Å². The number of nitrogens with two attached hydrogens (primary N) is 1. The molecule has 0 bridgehead atoms. The summed E-state index contributed by atoms with van der Waals surface area (Å²) in [6, 6.07) is 8.83. The smallest absolute Gasteiger partial charge is 0.0347 e. The van der Waals surface area contributed by atoms with E-state index >= 15 is 0 Å². The van der Waals surface area contributed by atoms with Gasteiger partial charge in [0.1, 0.15) is 0 Å². The van der Waals surface area contributed by atoms with E-state index < -0.39 is 0 Å². The second-order valence-corrected chi connectivity index (χ2v) is 4.50. The number of para-hydroxylation sites is 1. The van der Waals surface area contributed by atoms with Crippen molar-refractivity contribution in [2.45, 2.75) is 32.2 Å². The first kappa shape index (κ1) is 10.5. The Morgan fingerprint density at radius 3 is 2.60 bits per heavy atom. The summed E-state index contributed by atoms with van der Waals surface area (Å²) in [5.41, 5.74) is 8.17. The van der Waals surface area contributed by atoms with E-state index in [1.165, 1.54) is 31.5 Å². The fourth-order valence-electron chi connectivity index (χ4n) is 2.35. The third-order valence-corrected chi connectivity index (χ3v) is 3.33. The summed E-state index contributed by atoms with van der Waals surface area (Å²) in [6.45, 7) is 4.82. The monoisotopic (exact) mass is 204 g/mol. The number of hydrogen-bond acceptors (Lipinski definition) is 2. The molecule has 2 rings (SSSR count). The predicted octanol–water partition coefficient (Wildman–Crippen LogP) is 2.30. The molecule has 1 heterocycles. The van der Waals surface area contributed by atoms with Crippen LogP contribution in [0.2, 0.25) is 0 Å². The lowest BCUT2D eigenvalue weighted by Gasteiger charge is -2.24. The van der Waals surface area contributed by atoms with Gasteiger partial charge in [-0.2, -0.15) is 0 Å². The maximum atomic E-state index is 5.95. The van der Waals surface area contributed by atoms with Gasteiger partial charge in [-0.15, -0.1) is 0 Å². The molecule has 1 aliphatic rings. The van der Waals surface area contributed by atoms with E-state index in [1.54, 1.807) is 0 Å². The molecule has 1 fully saturated rings. The predicted molar refractivity (Wildman–Crippen MR) is 64.8 cm³/mol. The van der Waals surface area contributed by atoms with Crippen molar-refractivity contribution < 1.29 is 0 Å². The largest absolute Gasteiger partial charge is 0.399 e. The van der Waals surface area contributed by atoms with Crippen LogP contribution in [0.25, 0.3) is 0 Å². The minimum atomic E-state index is 0.622. The molecule has 1 saturated heterocycles. The molecular formula is C13H20N2. The first-order valence-electron chi connectivity index (χ1n) is 5.85. The summed E-state index contributed by atoms with van der Waals surface area (Å²) in [6.07, 6.45) is 3.79. The Hall–Kier alpha value is -1.02. The van der Waals surface area contributed by atoms with Crippen LogP contribution in [0.15, 0.2) is 24.3 Å². The van der Waals surface area contributed by atoms with Crippen molar-refractivity contribution >= 4 is 5.69 Å². The number of nitrogen functional groups attached to an aromatic ring is 1. The van der Waals surface area contributed by atoms with Gasteiger partial charge in [0.2, 0.25) is 0 Å². The number of hydrogen-bond donors (Lipinski definition) is 1. The topological polar surface area (TPSA) is 29.3 Å². The molecule has 2 heteroatoms. The van der Waals surface area contributed by atoms with Crippen LogP contribution < -0.4 is 5.73 Å². The average Bonchev–Trinajstić information content (AvgIpc) is 2.74. The maximum Gasteiger partial charge on any atom is 0.0347 e. The number of anilines is 1. The fourth-order valence-corrected chi connectivity index (χ4v) is 2.35. The second kappa shape index (κ2) is 4.67. The molecule has 0 aromatic heterocycles. The van der Waals surface area contributed by atoms with E-state index in [-0.39, 0.29) is 0 Å². The lowest BCUT2D eigenvalue weighted by Crippen LogP contribution is -2.31. The summed E-state index contributed by atoms with van der Waals surface area (Å²) in [7, 11) is 0. The minimum absolute atomic E-state index is 0.622. The van der Waals surface area contributed by atoms with Crippen molar-refractivity contribution in [3.63, 3.8) is 0 Å². The molecule has 0 amide bonds. The molecular weight excluding hydrogens is 184 g/mol. The summed E-state index contributed by atoms with van der Waals surface area (Å²) < 4.78 is 0. The Kier molecular flexibility index (Phi) is 3.27. The first-order valence-corrected chi connectivity index (χ1v) is 5.85. The summed E-state index contributed by atoms with van der Waals surface area (Å²) >= 11 is 0. The molecule has 1 unspecified atom stereocenters. The fraction of sp³-hybridized carbons (Fsp3) is 0.538. The van der Waals surface area contributed by atoms with Gasteiger partial charge in [0, 0.05) is 11.7 Å². The molecule has 1 aliphatic heterocycles. The molecule has 1 aromatic rings. The Balaban J connectivity index is 1.99. The van der Waals surface area contributed by atoms with Crippen molar-refractivity contribution in [3.05, 3.63) is 29.8 Å². The molecule has 0 spiro atoms. The van der Waals surface area contributed by atoms with Crippen molar-refractivity contribution in [3.8, 4) is 0 Å². The molecule has 0 aliphatic carbocycles. The van der Waals surface area contributed by atoms with Gasteiger partial charge in [0.15, 0.2) is 0 Å². The van der Waals surface area contributed by atoms with Gasteiger partial charge in [0.25, 0.3) is 0 Å². The summed E-state index contributed by atoms with van der Waals surface area (Å²) in [5, 5.41) is 0. The van der Waals surface area contributed by atoms with Gasteiger partial charge in [-0.25, -0.2) is 0 Å². The number of nitrogens with zero attached hydrogens (tertiary/aromatic N) is 1. The zero-order valence-corrected chi connectivity index (χ0v) is 9.45. The Morgan fingerprint density at radius 2 is 1.93 bits per heavy atom. The maximum absolute atomic E-state index is 5.95. The Labute approximate surface area is 92.1 Å². The number of likely N-dealkylation sites (tertiary alicyclic amines) is 1. The van der Waals surface area contributed by atoms with E-state index in [9.17, 15) is 0 Å². The standard InChI is InChI=1S/C13H20N2/c1-11(15-8-4-5-9-15)10-12-6-2-3-7-13(12)14/h2-3,6-7,11H,4-5,8-10,14H2,1H3. The highest BCUT2D eigenvalue weighted by Crippen LogP contribution is 2.18. The zero-order chi connectivity index (χ0) is 10.7. The molecule has 82 valence electrons.